The molecule has 6 heteroatoms. The fourth-order valence-corrected chi connectivity index (χ4v) is 2.32. The van der Waals surface area contributed by atoms with Crippen LogP contribution in [-0.4, -0.2) is 33.3 Å². The number of benzene rings is 1. The number of fused-ring (bicyclic) bond motifs is 1. The summed E-state index contributed by atoms with van der Waals surface area (Å²) in [4.78, 5) is 21.5. The second-order valence-corrected chi connectivity index (χ2v) is 4.86. The minimum Gasteiger partial charge on any atom is -0.482 e. The first-order valence-corrected chi connectivity index (χ1v) is 6.80. The van der Waals surface area contributed by atoms with Gasteiger partial charge in [0.2, 0.25) is 0 Å². The Hall–Kier alpha value is -2.76. The zero-order valence-electron chi connectivity index (χ0n) is 12.0. The summed E-state index contributed by atoms with van der Waals surface area (Å²) in [5.74, 6) is -1.52. The first kappa shape index (κ1) is 15.6. The number of rotatable bonds is 8. The molecule has 2 aromatic rings. The predicted octanol–water partition coefficient (Wildman–Crippen LogP) is 2.31. The van der Waals surface area contributed by atoms with Crippen molar-refractivity contribution in [1.82, 2.24) is 4.57 Å². The van der Waals surface area contributed by atoms with Crippen molar-refractivity contribution < 1.29 is 24.5 Å². The van der Waals surface area contributed by atoms with Gasteiger partial charge in [0.1, 0.15) is 12.3 Å². The summed E-state index contributed by atoms with van der Waals surface area (Å²) in [6, 6.07) is 5.13. The molecule has 1 heterocycles. The lowest BCUT2D eigenvalue weighted by molar-refractivity contribution is -0.139. The SMILES string of the molecule is C=CCCc1cn(CC(=O)O)c2ccc(OCC(=O)O)cc12. The van der Waals surface area contributed by atoms with Crippen molar-refractivity contribution in [2.24, 2.45) is 0 Å². The minimum atomic E-state index is -1.05. The maximum atomic E-state index is 11.0. The van der Waals surface area contributed by atoms with Crippen LogP contribution in [0.25, 0.3) is 10.9 Å². The van der Waals surface area contributed by atoms with E-state index in [1.165, 1.54) is 0 Å². The second kappa shape index (κ2) is 6.80. The number of carboxylic acid groups (broad SMARTS) is 2. The maximum absolute atomic E-state index is 11.0. The molecule has 1 aromatic heterocycles. The third-order valence-corrected chi connectivity index (χ3v) is 3.22. The number of aryl methyl sites for hydroxylation is 1. The number of ether oxygens (including phenoxy) is 1. The maximum Gasteiger partial charge on any atom is 0.341 e. The number of carbonyl (C=O) groups is 2. The molecule has 22 heavy (non-hydrogen) atoms. The molecule has 2 N–H and O–H groups in total. The number of hydrogen-bond acceptors (Lipinski definition) is 3. The highest BCUT2D eigenvalue weighted by Crippen LogP contribution is 2.27. The Bertz CT molecular complexity index is 717. The van der Waals surface area contributed by atoms with Crippen molar-refractivity contribution in [3.8, 4) is 5.75 Å². The van der Waals surface area contributed by atoms with Crippen LogP contribution in [0.3, 0.4) is 0 Å². The standard InChI is InChI=1S/C16H17NO5/c1-2-3-4-11-8-17(9-15(18)19)14-6-5-12(7-13(11)14)22-10-16(20)21/h2,5-8H,1,3-4,9-10H2,(H,18,19)(H,20,21). The van der Waals surface area contributed by atoms with E-state index in [2.05, 4.69) is 6.58 Å². The van der Waals surface area contributed by atoms with Gasteiger partial charge in [0.15, 0.2) is 6.61 Å². The van der Waals surface area contributed by atoms with Gasteiger partial charge >= 0.3 is 11.9 Å². The van der Waals surface area contributed by atoms with Crippen LogP contribution in [0.15, 0.2) is 37.1 Å². The van der Waals surface area contributed by atoms with Crippen molar-refractivity contribution in [2.45, 2.75) is 19.4 Å². The summed E-state index contributed by atoms with van der Waals surface area (Å²) < 4.78 is 6.84. The Morgan fingerprint density at radius 2 is 2.05 bits per heavy atom. The van der Waals surface area contributed by atoms with Crippen molar-refractivity contribution >= 4 is 22.8 Å². The summed E-state index contributed by atoms with van der Waals surface area (Å²) in [7, 11) is 0. The number of aliphatic carboxylic acids is 2. The molecule has 6 nitrogen and oxygen atoms in total. The van der Waals surface area contributed by atoms with Gasteiger partial charge in [-0.05, 0) is 36.6 Å². The quantitative estimate of drug-likeness (QED) is 0.730. The molecular weight excluding hydrogens is 286 g/mol. The summed E-state index contributed by atoms with van der Waals surface area (Å²) in [5.41, 5.74) is 1.76. The monoisotopic (exact) mass is 303 g/mol. The molecule has 0 aliphatic carbocycles. The largest absolute Gasteiger partial charge is 0.482 e. The topological polar surface area (TPSA) is 88.8 Å². The van der Waals surface area contributed by atoms with E-state index >= 15 is 0 Å². The molecule has 0 bridgehead atoms. The highest BCUT2D eigenvalue weighted by molar-refractivity contribution is 5.86. The Morgan fingerprint density at radius 3 is 2.68 bits per heavy atom. The molecule has 0 radical (unpaired) electrons. The lowest BCUT2D eigenvalue weighted by Crippen LogP contribution is -2.09. The molecule has 1 aromatic carbocycles. The Labute approximate surface area is 127 Å². The first-order chi connectivity index (χ1) is 10.5. The molecule has 0 aliphatic rings. The fraction of sp³-hybridized carbons (Fsp3) is 0.250. The number of allylic oxidation sites excluding steroid dienone is 1. The number of carboxylic acids is 2. The molecule has 0 aliphatic heterocycles. The fourth-order valence-electron chi connectivity index (χ4n) is 2.32. The molecule has 0 spiro atoms. The van der Waals surface area contributed by atoms with Crippen LogP contribution in [0.4, 0.5) is 0 Å². The van der Waals surface area contributed by atoms with Crippen molar-refractivity contribution in [1.29, 1.82) is 0 Å². The highest BCUT2D eigenvalue weighted by Gasteiger charge is 2.12. The van der Waals surface area contributed by atoms with E-state index in [4.69, 9.17) is 14.9 Å². The molecule has 0 unspecified atom stereocenters. The third kappa shape index (κ3) is 3.66. The van der Waals surface area contributed by atoms with Crippen LogP contribution < -0.4 is 4.74 Å². The Balaban J connectivity index is 2.40. The molecule has 0 saturated carbocycles. The van der Waals surface area contributed by atoms with E-state index in [0.29, 0.717) is 5.75 Å². The zero-order valence-corrected chi connectivity index (χ0v) is 12.0. The van der Waals surface area contributed by atoms with Gasteiger partial charge in [0.25, 0.3) is 0 Å². The Kier molecular flexibility index (Phi) is 4.83. The van der Waals surface area contributed by atoms with Crippen LogP contribution in [0.5, 0.6) is 5.75 Å². The second-order valence-electron chi connectivity index (χ2n) is 4.86. The van der Waals surface area contributed by atoms with Gasteiger partial charge in [0, 0.05) is 17.1 Å². The summed E-state index contributed by atoms with van der Waals surface area (Å²) in [5, 5.41) is 18.5. The van der Waals surface area contributed by atoms with E-state index in [9.17, 15) is 9.59 Å². The molecule has 0 amide bonds. The van der Waals surface area contributed by atoms with Crippen molar-refractivity contribution in [3.63, 3.8) is 0 Å². The van der Waals surface area contributed by atoms with Gasteiger partial charge in [-0.1, -0.05) is 6.08 Å². The van der Waals surface area contributed by atoms with Gasteiger partial charge in [-0.3, -0.25) is 4.79 Å². The van der Waals surface area contributed by atoms with E-state index < -0.39 is 18.5 Å². The summed E-state index contributed by atoms with van der Waals surface area (Å²) in [6.07, 6.45) is 5.11. The molecule has 0 fully saturated rings. The molecular formula is C16H17NO5. The number of hydrogen-bond donors (Lipinski definition) is 2. The van der Waals surface area contributed by atoms with E-state index in [1.807, 2.05) is 6.20 Å². The van der Waals surface area contributed by atoms with Crippen molar-refractivity contribution in [2.75, 3.05) is 6.61 Å². The minimum absolute atomic E-state index is 0.125. The molecule has 116 valence electrons. The average Bonchev–Trinajstić information content (AvgIpc) is 2.79. The van der Waals surface area contributed by atoms with Crippen molar-refractivity contribution in [3.05, 3.63) is 42.6 Å². The lowest BCUT2D eigenvalue weighted by Gasteiger charge is -2.05. The average molecular weight is 303 g/mol. The van der Waals surface area contributed by atoms with Crippen LogP contribution in [0.1, 0.15) is 12.0 Å². The molecule has 0 saturated heterocycles. The van der Waals surface area contributed by atoms with E-state index in [-0.39, 0.29) is 6.54 Å². The van der Waals surface area contributed by atoms with E-state index in [1.54, 1.807) is 28.8 Å². The molecule has 2 rings (SSSR count). The third-order valence-electron chi connectivity index (χ3n) is 3.22. The highest BCUT2D eigenvalue weighted by atomic mass is 16.5. The zero-order chi connectivity index (χ0) is 16.1. The van der Waals surface area contributed by atoms with Gasteiger partial charge in [-0.25, -0.2) is 4.79 Å². The summed E-state index contributed by atoms with van der Waals surface area (Å²) >= 11 is 0. The first-order valence-electron chi connectivity index (χ1n) is 6.80. The van der Waals surface area contributed by atoms with Crippen LogP contribution in [-0.2, 0) is 22.6 Å². The van der Waals surface area contributed by atoms with Gasteiger partial charge in [0.05, 0.1) is 0 Å². The summed E-state index contributed by atoms with van der Waals surface area (Å²) in [6.45, 7) is 3.15. The normalized spacial score (nSPS) is 10.5. The smallest absolute Gasteiger partial charge is 0.341 e. The number of aromatic nitrogens is 1. The lowest BCUT2D eigenvalue weighted by atomic mass is 10.1. The van der Waals surface area contributed by atoms with Crippen LogP contribution in [0, 0.1) is 0 Å². The van der Waals surface area contributed by atoms with Crippen LogP contribution in [0.2, 0.25) is 0 Å². The Morgan fingerprint density at radius 1 is 1.27 bits per heavy atom. The molecule has 0 atom stereocenters. The van der Waals surface area contributed by atoms with Crippen LogP contribution >= 0.6 is 0 Å². The number of nitrogens with zero attached hydrogens (tertiary/aromatic N) is 1. The van der Waals surface area contributed by atoms with Gasteiger partial charge in [-0.2, -0.15) is 0 Å². The predicted molar refractivity (Wildman–Crippen MR) is 81.2 cm³/mol. The van der Waals surface area contributed by atoms with Gasteiger partial charge < -0.3 is 19.5 Å². The van der Waals surface area contributed by atoms with Gasteiger partial charge in [-0.15, -0.1) is 6.58 Å². The van der Waals surface area contributed by atoms with E-state index in [0.717, 1.165) is 29.3 Å².